The molecule has 1 aromatic heterocycles. The summed E-state index contributed by atoms with van der Waals surface area (Å²) in [5.74, 6) is -0.498. The molecule has 2 rings (SSSR count). The average molecular weight is 322 g/mol. The van der Waals surface area contributed by atoms with Gasteiger partial charge in [0.05, 0.1) is 4.92 Å². The Kier molecular flexibility index (Phi) is 3.86. The number of hydrogen-bond donors (Lipinski definition) is 1. The molecule has 1 amide bonds. The van der Waals surface area contributed by atoms with Crippen LogP contribution in [-0.2, 0) is 0 Å². The maximum Gasteiger partial charge on any atom is 0.292 e. The highest BCUT2D eigenvalue weighted by Crippen LogP contribution is 2.23. The Balaban J connectivity index is 2.24. The molecule has 0 unspecified atom stereocenters. The van der Waals surface area contributed by atoms with Crippen LogP contribution < -0.4 is 5.32 Å². The van der Waals surface area contributed by atoms with Gasteiger partial charge in [0, 0.05) is 16.7 Å². The number of para-hydroxylation sites is 2. The van der Waals surface area contributed by atoms with Gasteiger partial charge in [-0.25, -0.2) is 4.98 Å². The first-order chi connectivity index (χ1) is 9.08. The minimum absolute atomic E-state index is 0.141. The number of aromatic nitrogens is 1. The van der Waals surface area contributed by atoms with E-state index in [-0.39, 0.29) is 17.1 Å². The second-order valence-electron chi connectivity index (χ2n) is 3.59. The molecule has 0 saturated heterocycles. The first-order valence-electron chi connectivity index (χ1n) is 5.24. The normalized spacial score (nSPS) is 9.95. The molecular weight excluding hydrogens is 314 g/mol. The van der Waals surface area contributed by atoms with E-state index in [2.05, 4.69) is 26.2 Å². The van der Waals surface area contributed by atoms with Gasteiger partial charge in [0.1, 0.15) is 11.4 Å². The van der Waals surface area contributed by atoms with Crippen LogP contribution in [0.15, 0.2) is 47.1 Å². The smallest absolute Gasteiger partial charge is 0.292 e. The summed E-state index contributed by atoms with van der Waals surface area (Å²) in [6, 6.07) is 9.12. The van der Waals surface area contributed by atoms with Crippen LogP contribution in [0.25, 0.3) is 0 Å². The van der Waals surface area contributed by atoms with Gasteiger partial charge in [0.25, 0.3) is 11.6 Å². The van der Waals surface area contributed by atoms with Gasteiger partial charge in [-0.05, 0) is 34.1 Å². The Labute approximate surface area is 116 Å². The zero-order valence-electron chi connectivity index (χ0n) is 9.54. The molecule has 1 aromatic carbocycles. The molecule has 1 N–H and O–H groups in total. The lowest BCUT2D eigenvalue weighted by Crippen LogP contribution is -2.14. The fraction of sp³-hybridized carbons (Fsp3) is 0. The number of nitro benzene ring substituents is 1. The number of carbonyl (C=O) groups is 1. The summed E-state index contributed by atoms with van der Waals surface area (Å²) >= 11 is 3.21. The van der Waals surface area contributed by atoms with Gasteiger partial charge in [-0.15, -0.1) is 0 Å². The van der Waals surface area contributed by atoms with Gasteiger partial charge < -0.3 is 5.32 Å². The van der Waals surface area contributed by atoms with Crippen LogP contribution >= 0.6 is 15.9 Å². The van der Waals surface area contributed by atoms with Crippen molar-refractivity contribution in [2.24, 2.45) is 0 Å². The van der Waals surface area contributed by atoms with Crippen molar-refractivity contribution in [1.82, 2.24) is 4.98 Å². The molecule has 0 fully saturated rings. The summed E-state index contributed by atoms with van der Waals surface area (Å²) in [6.45, 7) is 0. The Morgan fingerprint density at radius 1 is 1.26 bits per heavy atom. The van der Waals surface area contributed by atoms with E-state index in [1.54, 1.807) is 12.1 Å². The van der Waals surface area contributed by atoms with Gasteiger partial charge in [-0.2, -0.15) is 0 Å². The summed E-state index contributed by atoms with van der Waals surface area (Å²) in [5.41, 5.74) is 0.163. The molecule has 6 nitrogen and oxygen atoms in total. The van der Waals surface area contributed by atoms with E-state index in [0.717, 1.165) is 4.47 Å². The Bertz CT molecular complexity index is 628. The Hall–Kier alpha value is -2.28. The summed E-state index contributed by atoms with van der Waals surface area (Å²) in [4.78, 5) is 26.1. The van der Waals surface area contributed by atoms with Crippen molar-refractivity contribution in [3.8, 4) is 0 Å². The largest absolute Gasteiger partial charge is 0.315 e. The molecule has 96 valence electrons. The first-order valence-corrected chi connectivity index (χ1v) is 6.03. The highest BCUT2D eigenvalue weighted by atomic mass is 79.9. The number of halogens is 1. The lowest BCUT2D eigenvalue weighted by Gasteiger charge is -2.05. The van der Waals surface area contributed by atoms with Gasteiger partial charge in [0.2, 0.25) is 0 Å². The number of nitrogens with zero attached hydrogens (tertiary/aromatic N) is 2. The maximum absolute atomic E-state index is 11.9. The van der Waals surface area contributed by atoms with Crippen molar-refractivity contribution in [1.29, 1.82) is 0 Å². The zero-order chi connectivity index (χ0) is 13.8. The van der Waals surface area contributed by atoms with Gasteiger partial charge in [-0.1, -0.05) is 12.1 Å². The molecule has 0 bridgehead atoms. The van der Waals surface area contributed by atoms with Gasteiger partial charge in [-0.3, -0.25) is 14.9 Å². The summed E-state index contributed by atoms with van der Waals surface area (Å²) in [7, 11) is 0. The molecule has 19 heavy (non-hydrogen) atoms. The highest BCUT2D eigenvalue weighted by molar-refractivity contribution is 9.10. The van der Waals surface area contributed by atoms with Crippen molar-refractivity contribution in [3.05, 3.63) is 62.9 Å². The van der Waals surface area contributed by atoms with Crippen LogP contribution in [0.4, 0.5) is 11.4 Å². The van der Waals surface area contributed by atoms with Crippen molar-refractivity contribution in [3.63, 3.8) is 0 Å². The molecule has 0 radical (unpaired) electrons. The van der Waals surface area contributed by atoms with E-state index < -0.39 is 10.8 Å². The third-order valence-corrected chi connectivity index (χ3v) is 2.78. The minimum Gasteiger partial charge on any atom is -0.315 e. The van der Waals surface area contributed by atoms with Crippen LogP contribution in [0.1, 0.15) is 10.5 Å². The van der Waals surface area contributed by atoms with Gasteiger partial charge >= 0.3 is 0 Å². The second kappa shape index (κ2) is 5.57. The molecule has 0 aliphatic heterocycles. The summed E-state index contributed by atoms with van der Waals surface area (Å²) in [6.07, 6.45) is 1.48. The molecule has 2 aromatic rings. The lowest BCUT2D eigenvalue weighted by molar-refractivity contribution is -0.383. The number of anilines is 1. The average Bonchev–Trinajstić information content (AvgIpc) is 2.39. The minimum atomic E-state index is -0.551. The van der Waals surface area contributed by atoms with E-state index in [0.29, 0.717) is 0 Å². The predicted molar refractivity (Wildman–Crippen MR) is 73.0 cm³/mol. The molecule has 0 atom stereocenters. The molecule has 0 aliphatic rings. The molecule has 0 aliphatic carbocycles. The van der Waals surface area contributed by atoms with E-state index in [4.69, 9.17) is 0 Å². The van der Waals surface area contributed by atoms with E-state index >= 15 is 0 Å². The van der Waals surface area contributed by atoms with Crippen LogP contribution in [-0.4, -0.2) is 15.8 Å². The summed E-state index contributed by atoms with van der Waals surface area (Å²) < 4.78 is 0.745. The monoisotopic (exact) mass is 321 g/mol. The van der Waals surface area contributed by atoms with E-state index in [9.17, 15) is 14.9 Å². The van der Waals surface area contributed by atoms with Crippen LogP contribution in [0.5, 0.6) is 0 Å². The number of benzene rings is 1. The van der Waals surface area contributed by atoms with E-state index in [1.165, 1.54) is 30.5 Å². The Morgan fingerprint density at radius 3 is 2.63 bits per heavy atom. The third kappa shape index (κ3) is 3.14. The fourth-order valence-electron chi connectivity index (χ4n) is 1.44. The molecule has 7 heteroatoms. The number of amides is 1. The molecule has 0 spiro atoms. The van der Waals surface area contributed by atoms with Crippen molar-refractivity contribution in [2.45, 2.75) is 0 Å². The van der Waals surface area contributed by atoms with Crippen molar-refractivity contribution < 1.29 is 9.72 Å². The number of nitro groups is 1. The number of carbonyl (C=O) groups excluding carboxylic acids is 1. The van der Waals surface area contributed by atoms with E-state index in [1.807, 2.05) is 0 Å². The van der Waals surface area contributed by atoms with Crippen LogP contribution in [0, 0.1) is 10.1 Å². The molecular formula is C12H8BrN3O3. The third-order valence-electron chi connectivity index (χ3n) is 2.31. The van der Waals surface area contributed by atoms with Crippen LogP contribution in [0.2, 0.25) is 0 Å². The van der Waals surface area contributed by atoms with Crippen molar-refractivity contribution >= 4 is 33.2 Å². The Morgan fingerprint density at radius 2 is 2.00 bits per heavy atom. The first kappa shape index (κ1) is 13.2. The maximum atomic E-state index is 11.9. The number of rotatable bonds is 3. The molecule has 0 saturated carbocycles. The predicted octanol–water partition coefficient (Wildman–Crippen LogP) is 3.00. The zero-order valence-corrected chi connectivity index (χ0v) is 11.1. The SMILES string of the molecule is O=C(Nc1ccccc1[N+](=O)[O-])c1ccc(Br)cn1. The topological polar surface area (TPSA) is 85.1 Å². The van der Waals surface area contributed by atoms with Gasteiger partial charge in [0.15, 0.2) is 0 Å². The lowest BCUT2D eigenvalue weighted by atomic mass is 10.2. The number of nitrogens with one attached hydrogen (secondary N) is 1. The van der Waals surface area contributed by atoms with Crippen LogP contribution in [0.3, 0.4) is 0 Å². The highest BCUT2D eigenvalue weighted by Gasteiger charge is 2.16. The number of hydrogen-bond acceptors (Lipinski definition) is 4. The quantitative estimate of drug-likeness (QED) is 0.695. The molecule has 1 heterocycles. The fourth-order valence-corrected chi connectivity index (χ4v) is 1.67. The van der Waals surface area contributed by atoms with Crippen molar-refractivity contribution in [2.75, 3.05) is 5.32 Å². The second-order valence-corrected chi connectivity index (χ2v) is 4.51. The number of pyridine rings is 1. The summed E-state index contributed by atoms with van der Waals surface area (Å²) in [5, 5.41) is 13.3. The standard InChI is InChI=1S/C12H8BrN3O3/c13-8-5-6-10(14-7-8)12(17)15-9-3-1-2-4-11(9)16(18)19/h1-7H,(H,15,17).